The van der Waals surface area contributed by atoms with Crippen molar-refractivity contribution in [2.75, 3.05) is 0 Å². The van der Waals surface area contributed by atoms with Gasteiger partial charge in [0.25, 0.3) is 0 Å². The minimum atomic E-state index is -0.114. The first kappa shape index (κ1) is 17.9. The minimum absolute atomic E-state index is 0.114. The second-order valence-corrected chi connectivity index (χ2v) is 6.56. The standard InChI is InChI=1S/C22H21N3O3/c1-16-6-4-7-17(12-16)28-15-21-24-19-9-2-3-10-20(19)25(21)14-22(26)23-13-18-8-5-11-27-18/h2-12H,13-15H2,1H3,(H,23,26). The summed E-state index contributed by atoms with van der Waals surface area (Å²) in [5.74, 6) is 2.08. The fourth-order valence-corrected chi connectivity index (χ4v) is 3.06. The van der Waals surface area contributed by atoms with Gasteiger partial charge in [-0.2, -0.15) is 0 Å². The molecule has 4 aromatic rings. The van der Waals surface area contributed by atoms with Gasteiger partial charge in [-0.15, -0.1) is 0 Å². The average Bonchev–Trinajstić information content (AvgIpc) is 3.33. The van der Waals surface area contributed by atoms with E-state index >= 15 is 0 Å². The molecule has 0 radical (unpaired) electrons. The number of nitrogens with zero attached hydrogens (tertiary/aromatic N) is 2. The van der Waals surface area contributed by atoms with Crippen LogP contribution in [0, 0.1) is 6.92 Å². The van der Waals surface area contributed by atoms with Crippen LogP contribution >= 0.6 is 0 Å². The van der Waals surface area contributed by atoms with Crippen molar-refractivity contribution in [2.45, 2.75) is 26.6 Å². The number of fused-ring (bicyclic) bond motifs is 1. The highest BCUT2D eigenvalue weighted by Gasteiger charge is 2.14. The first-order valence-corrected chi connectivity index (χ1v) is 9.12. The van der Waals surface area contributed by atoms with E-state index in [0.29, 0.717) is 18.1 Å². The highest BCUT2D eigenvalue weighted by atomic mass is 16.5. The van der Waals surface area contributed by atoms with E-state index in [1.54, 1.807) is 12.3 Å². The summed E-state index contributed by atoms with van der Waals surface area (Å²) in [5.41, 5.74) is 2.87. The van der Waals surface area contributed by atoms with E-state index in [1.807, 2.05) is 66.1 Å². The van der Waals surface area contributed by atoms with Crippen LogP contribution < -0.4 is 10.1 Å². The van der Waals surface area contributed by atoms with Crippen LogP contribution in [0.15, 0.2) is 71.3 Å². The van der Waals surface area contributed by atoms with Crippen molar-refractivity contribution in [3.8, 4) is 5.75 Å². The maximum absolute atomic E-state index is 12.5. The van der Waals surface area contributed by atoms with Gasteiger partial charge in [0.1, 0.15) is 30.5 Å². The molecule has 0 aliphatic heterocycles. The predicted molar refractivity (Wildman–Crippen MR) is 106 cm³/mol. The van der Waals surface area contributed by atoms with E-state index in [1.165, 1.54) is 0 Å². The molecule has 0 bridgehead atoms. The van der Waals surface area contributed by atoms with Crippen LogP contribution in [0.25, 0.3) is 11.0 Å². The van der Waals surface area contributed by atoms with E-state index in [9.17, 15) is 4.79 Å². The molecule has 4 rings (SSSR count). The molecule has 0 saturated carbocycles. The Morgan fingerprint density at radius 1 is 1.14 bits per heavy atom. The average molecular weight is 375 g/mol. The molecule has 0 aliphatic carbocycles. The summed E-state index contributed by atoms with van der Waals surface area (Å²) >= 11 is 0. The Labute approximate surface area is 162 Å². The van der Waals surface area contributed by atoms with Crippen LogP contribution in [-0.2, 0) is 24.5 Å². The lowest BCUT2D eigenvalue weighted by Gasteiger charge is -2.11. The third-order valence-corrected chi connectivity index (χ3v) is 4.43. The number of carbonyl (C=O) groups excluding carboxylic acids is 1. The topological polar surface area (TPSA) is 69.3 Å². The summed E-state index contributed by atoms with van der Waals surface area (Å²) in [7, 11) is 0. The van der Waals surface area contributed by atoms with Gasteiger partial charge in [-0.1, -0.05) is 24.3 Å². The maximum Gasteiger partial charge on any atom is 0.240 e. The smallest absolute Gasteiger partial charge is 0.240 e. The molecule has 2 heterocycles. The number of hydrogen-bond acceptors (Lipinski definition) is 4. The predicted octanol–water partition coefficient (Wildman–Crippen LogP) is 3.83. The second kappa shape index (κ2) is 8.00. The van der Waals surface area contributed by atoms with Gasteiger partial charge in [-0.3, -0.25) is 4.79 Å². The summed E-state index contributed by atoms with van der Waals surface area (Å²) in [6.07, 6.45) is 1.59. The molecule has 6 heteroatoms. The van der Waals surface area contributed by atoms with Crippen LogP contribution in [0.4, 0.5) is 0 Å². The Kier molecular flexibility index (Phi) is 5.10. The van der Waals surface area contributed by atoms with Crippen LogP contribution in [-0.4, -0.2) is 15.5 Å². The van der Waals surface area contributed by atoms with Gasteiger partial charge in [-0.25, -0.2) is 4.98 Å². The zero-order valence-electron chi connectivity index (χ0n) is 15.6. The maximum atomic E-state index is 12.5. The highest BCUT2D eigenvalue weighted by Crippen LogP contribution is 2.19. The fourth-order valence-electron chi connectivity index (χ4n) is 3.06. The van der Waals surface area contributed by atoms with Crippen LogP contribution in [0.2, 0.25) is 0 Å². The summed E-state index contributed by atoms with van der Waals surface area (Å²) in [6.45, 7) is 2.82. The Morgan fingerprint density at radius 3 is 2.86 bits per heavy atom. The molecular weight excluding hydrogens is 354 g/mol. The number of nitrogens with one attached hydrogen (secondary N) is 1. The van der Waals surface area contributed by atoms with Crippen LogP contribution in [0.3, 0.4) is 0 Å². The van der Waals surface area contributed by atoms with Crippen molar-refractivity contribution in [3.63, 3.8) is 0 Å². The molecule has 0 aliphatic rings. The van der Waals surface area contributed by atoms with Gasteiger partial charge < -0.3 is 19.0 Å². The molecule has 6 nitrogen and oxygen atoms in total. The van der Waals surface area contributed by atoms with Gasteiger partial charge in [-0.05, 0) is 48.9 Å². The van der Waals surface area contributed by atoms with Crippen LogP contribution in [0.5, 0.6) is 5.75 Å². The lowest BCUT2D eigenvalue weighted by Crippen LogP contribution is -2.27. The largest absolute Gasteiger partial charge is 0.486 e. The molecule has 0 unspecified atom stereocenters. The number of rotatable bonds is 7. The Balaban J connectivity index is 1.52. The van der Waals surface area contributed by atoms with E-state index in [-0.39, 0.29) is 19.1 Å². The van der Waals surface area contributed by atoms with Crippen molar-refractivity contribution in [1.82, 2.24) is 14.9 Å². The number of benzene rings is 2. The van der Waals surface area contributed by atoms with E-state index in [4.69, 9.17) is 9.15 Å². The summed E-state index contributed by atoms with van der Waals surface area (Å²) in [6, 6.07) is 19.2. The monoisotopic (exact) mass is 375 g/mol. The number of amides is 1. The van der Waals surface area contributed by atoms with Gasteiger partial charge in [0.05, 0.1) is 23.8 Å². The number of ether oxygens (including phenoxy) is 1. The normalized spacial score (nSPS) is 10.9. The Hall–Kier alpha value is -3.54. The van der Waals surface area contributed by atoms with E-state index in [0.717, 1.165) is 22.3 Å². The third kappa shape index (κ3) is 4.06. The quantitative estimate of drug-likeness (QED) is 0.533. The minimum Gasteiger partial charge on any atom is -0.486 e. The van der Waals surface area contributed by atoms with E-state index < -0.39 is 0 Å². The fraction of sp³-hybridized carbons (Fsp3) is 0.182. The zero-order chi connectivity index (χ0) is 19.3. The SMILES string of the molecule is Cc1cccc(OCc2nc3ccccc3n2CC(=O)NCc2ccco2)c1. The van der Waals surface area contributed by atoms with Gasteiger partial charge in [0.2, 0.25) is 5.91 Å². The number of aromatic nitrogens is 2. The molecule has 0 fully saturated rings. The molecule has 2 aromatic carbocycles. The Bertz CT molecular complexity index is 1080. The first-order chi connectivity index (χ1) is 13.7. The number of hydrogen-bond donors (Lipinski definition) is 1. The molecule has 2 aromatic heterocycles. The number of furan rings is 1. The molecular formula is C22H21N3O3. The molecule has 0 atom stereocenters. The number of para-hydroxylation sites is 2. The summed E-state index contributed by atoms with van der Waals surface area (Å²) in [5, 5.41) is 2.87. The molecule has 28 heavy (non-hydrogen) atoms. The summed E-state index contributed by atoms with van der Waals surface area (Å²) in [4.78, 5) is 17.1. The van der Waals surface area contributed by atoms with Crippen molar-refractivity contribution in [2.24, 2.45) is 0 Å². The lowest BCUT2D eigenvalue weighted by atomic mass is 10.2. The zero-order valence-corrected chi connectivity index (χ0v) is 15.6. The Morgan fingerprint density at radius 2 is 2.04 bits per heavy atom. The second-order valence-electron chi connectivity index (χ2n) is 6.56. The number of aryl methyl sites for hydroxylation is 1. The van der Waals surface area contributed by atoms with Crippen molar-refractivity contribution in [1.29, 1.82) is 0 Å². The van der Waals surface area contributed by atoms with Gasteiger partial charge in [0, 0.05) is 0 Å². The van der Waals surface area contributed by atoms with Crippen molar-refractivity contribution >= 4 is 16.9 Å². The molecule has 1 amide bonds. The lowest BCUT2D eigenvalue weighted by molar-refractivity contribution is -0.121. The van der Waals surface area contributed by atoms with E-state index in [2.05, 4.69) is 10.3 Å². The van der Waals surface area contributed by atoms with Crippen molar-refractivity contribution < 1.29 is 13.9 Å². The molecule has 142 valence electrons. The molecule has 1 N–H and O–H groups in total. The van der Waals surface area contributed by atoms with Crippen molar-refractivity contribution in [3.05, 3.63) is 84.1 Å². The highest BCUT2D eigenvalue weighted by molar-refractivity contribution is 5.81. The van der Waals surface area contributed by atoms with Gasteiger partial charge in [0.15, 0.2) is 0 Å². The number of imidazole rings is 1. The number of carbonyl (C=O) groups is 1. The first-order valence-electron chi connectivity index (χ1n) is 9.12. The van der Waals surface area contributed by atoms with Crippen LogP contribution in [0.1, 0.15) is 17.1 Å². The molecule has 0 spiro atoms. The third-order valence-electron chi connectivity index (χ3n) is 4.43. The molecule has 0 saturated heterocycles. The summed E-state index contributed by atoms with van der Waals surface area (Å²) < 4.78 is 13.1. The van der Waals surface area contributed by atoms with Gasteiger partial charge >= 0.3 is 0 Å².